The minimum Gasteiger partial charge on any atom is -0.327 e. The summed E-state index contributed by atoms with van der Waals surface area (Å²) in [5.74, 6) is 1.97. The van der Waals surface area contributed by atoms with Crippen molar-refractivity contribution >= 4 is 22.6 Å². The van der Waals surface area contributed by atoms with Crippen LogP contribution in [0.4, 0.5) is 0 Å². The van der Waals surface area contributed by atoms with Gasteiger partial charge in [0, 0.05) is 6.54 Å². The van der Waals surface area contributed by atoms with E-state index in [1.807, 2.05) is 13.0 Å². The Morgan fingerprint density at radius 3 is 2.80 bits per heavy atom. The van der Waals surface area contributed by atoms with Crippen LogP contribution in [0.2, 0.25) is 0 Å². The van der Waals surface area contributed by atoms with Gasteiger partial charge in [-0.3, -0.25) is 0 Å². The quantitative estimate of drug-likeness (QED) is 0.683. The van der Waals surface area contributed by atoms with E-state index in [1.54, 1.807) is 0 Å². The molecule has 1 fully saturated rings. The number of aromatic nitrogens is 2. The molecule has 3 heteroatoms. The Morgan fingerprint density at radius 1 is 1.30 bits per heavy atom. The molecule has 1 heterocycles. The number of nitrogens with zero attached hydrogens (tertiary/aromatic N) is 2. The summed E-state index contributed by atoms with van der Waals surface area (Å²) in [5.41, 5.74) is 2.29. The van der Waals surface area contributed by atoms with E-state index in [9.17, 15) is 0 Å². The number of halogens is 1. The molecule has 2 aromatic rings. The predicted molar refractivity (Wildman–Crippen MR) is 85.2 cm³/mol. The summed E-state index contributed by atoms with van der Waals surface area (Å²) < 4.78 is 2.32. The minimum atomic E-state index is -0.0334. The first kappa shape index (κ1) is 13.9. The number of rotatable bonds is 5. The second-order valence-corrected chi connectivity index (χ2v) is 6.67. The molecule has 0 radical (unpaired) electrons. The lowest BCUT2D eigenvalue weighted by atomic mass is 10.0. The van der Waals surface area contributed by atoms with Crippen LogP contribution in [-0.2, 0) is 6.54 Å². The Balaban J connectivity index is 1.76. The number of hydrogen-bond acceptors (Lipinski definition) is 1. The van der Waals surface area contributed by atoms with Gasteiger partial charge in [0.2, 0.25) is 0 Å². The molecule has 0 spiro atoms. The maximum absolute atomic E-state index is 6.30. The number of aryl methyl sites for hydroxylation is 1. The van der Waals surface area contributed by atoms with Gasteiger partial charge in [-0.1, -0.05) is 37.8 Å². The van der Waals surface area contributed by atoms with Gasteiger partial charge in [-0.15, -0.1) is 11.6 Å². The molecule has 0 bridgehead atoms. The van der Waals surface area contributed by atoms with Gasteiger partial charge in [0.1, 0.15) is 5.82 Å². The van der Waals surface area contributed by atoms with Crippen LogP contribution in [0.15, 0.2) is 24.3 Å². The van der Waals surface area contributed by atoms with Crippen molar-refractivity contribution in [3.63, 3.8) is 0 Å². The standard InChI is InChI=1S/C17H23ClN2/c1-13(18)17-19-15-10-4-5-11-16(15)20(17)12-6-9-14-7-2-3-8-14/h4-5,10-11,13-14H,2-3,6-9,12H2,1H3. The summed E-state index contributed by atoms with van der Waals surface area (Å²) in [6.07, 6.45) is 8.32. The minimum absolute atomic E-state index is 0.0334. The van der Waals surface area contributed by atoms with Gasteiger partial charge in [-0.05, 0) is 37.8 Å². The van der Waals surface area contributed by atoms with Crippen molar-refractivity contribution in [1.82, 2.24) is 9.55 Å². The summed E-state index contributed by atoms with van der Waals surface area (Å²) in [6.45, 7) is 3.06. The Kier molecular flexibility index (Phi) is 4.30. The average molecular weight is 291 g/mol. The Labute approximate surface area is 126 Å². The largest absolute Gasteiger partial charge is 0.327 e. The van der Waals surface area contributed by atoms with Crippen LogP contribution in [0.5, 0.6) is 0 Å². The van der Waals surface area contributed by atoms with E-state index >= 15 is 0 Å². The topological polar surface area (TPSA) is 17.8 Å². The average Bonchev–Trinajstić information content (AvgIpc) is 3.07. The molecular weight excluding hydrogens is 268 g/mol. The van der Waals surface area contributed by atoms with Gasteiger partial charge in [-0.25, -0.2) is 4.98 Å². The third-order valence-corrected chi connectivity index (χ3v) is 4.70. The van der Waals surface area contributed by atoms with Gasteiger partial charge in [-0.2, -0.15) is 0 Å². The molecule has 1 saturated carbocycles. The molecule has 1 aromatic heterocycles. The van der Waals surface area contributed by atoms with E-state index in [4.69, 9.17) is 16.6 Å². The first-order valence-electron chi connectivity index (χ1n) is 7.85. The highest BCUT2D eigenvalue weighted by atomic mass is 35.5. The van der Waals surface area contributed by atoms with E-state index in [2.05, 4.69) is 22.8 Å². The molecule has 2 nitrogen and oxygen atoms in total. The fourth-order valence-electron chi connectivity index (χ4n) is 3.47. The summed E-state index contributed by atoms with van der Waals surface area (Å²) in [5, 5.41) is -0.0334. The SMILES string of the molecule is CC(Cl)c1nc2ccccc2n1CCCC1CCCC1. The Morgan fingerprint density at radius 2 is 2.05 bits per heavy atom. The Hall–Kier alpha value is -1.02. The molecule has 1 aliphatic rings. The number of alkyl halides is 1. The number of imidazole rings is 1. The lowest BCUT2D eigenvalue weighted by Crippen LogP contribution is -2.06. The van der Waals surface area contributed by atoms with Crippen LogP contribution in [0.25, 0.3) is 11.0 Å². The molecule has 0 saturated heterocycles. The van der Waals surface area contributed by atoms with Crippen molar-refractivity contribution in [2.24, 2.45) is 5.92 Å². The van der Waals surface area contributed by atoms with Gasteiger partial charge in [0.15, 0.2) is 0 Å². The number of benzene rings is 1. The van der Waals surface area contributed by atoms with Crippen LogP contribution < -0.4 is 0 Å². The third-order valence-electron chi connectivity index (χ3n) is 4.51. The van der Waals surface area contributed by atoms with Crippen LogP contribution >= 0.6 is 11.6 Å². The highest BCUT2D eigenvalue weighted by Crippen LogP contribution is 2.30. The van der Waals surface area contributed by atoms with Crippen molar-refractivity contribution in [3.05, 3.63) is 30.1 Å². The summed E-state index contributed by atoms with van der Waals surface area (Å²) in [6, 6.07) is 8.35. The van der Waals surface area contributed by atoms with E-state index in [-0.39, 0.29) is 5.38 Å². The molecule has 1 atom stereocenters. The highest BCUT2D eigenvalue weighted by molar-refractivity contribution is 6.20. The molecule has 108 valence electrons. The smallest absolute Gasteiger partial charge is 0.127 e. The van der Waals surface area contributed by atoms with Crippen molar-refractivity contribution in [2.75, 3.05) is 0 Å². The molecule has 1 unspecified atom stereocenters. The maximum Gasteiger partial charge on any atom is 0.127 e. The van der Waals surface area contributed by atoms with Crippen molar-refractivity contribution in [3.8, 4) is 0 Å². The van der Waals surface area contributed by atoms with Crippen LogP contribution in [0.1, 0.15) is 56.7 Å². The monoisotopic (exact) mass is 290 g/mol. The van der Waals surface area contributed by atoms with Crippen LogP contribution in [-0.4, -0.2) is 9.55 Å². The normalized spacial score (nSPS) is 17.9. The van der Waals surface area contributed by atoms with E-state index in [0.717, 1.165) is 23.8 Å². The van der Waals surface area contributed by atoms with Gasteiger partial charge in [0.25, 0.3) is 0 Å². The summed E-state index contributed by atoms with van der Waals surface area (Å²) >= 11 is 6.30. The molecular formula is C17H23ClN2. The fourth-order valence-corrected chi connectivity index (χ4v) is 3.64. The highest BCUT2D eigenvalue weighted by Gasteiger charge is 2.17. The zero-order valence-corrected chi connectivity index (χ0v) is 12.9. The molecule has 1 aliphatic carbocycles. The zero-order valence-electron chi connectivity index (χ0n) is 12.2. The number of hydrogen-bond donors (Lipinski definition) is 0. The fraction of sp³-hybridized carbons (Fsp3) is 0.588. The summed E-state index contributed by atoms with van der Waals surface area (Å²) in [4.78, 5) is 4.69. The molecule has 20 heavy (non-hydrogen) atoms. The second kappa shape index (κ2) is 6.17. The van der Waals surface area contributed by atoms with Gasteiger partial charge >= 0.3 is 0 Å². The molecule has 0 aliphatic heterocycles. The van der Waals surface area contributed by atoms with Crippen LogP contribution in [0.3, 0.4) is 0 Å². The zero-order chi connectivity index (χ0) is 13.9. The molecule has 0 N–H and O–H groups in total. The van der Waals surface area contributed by atoms with Crippen molar-refractivity contribution in [1.29, 1.82) is 0 Å². The van der Waals surface area contributed by atoms with Crippen molar-refractivity contribution < 1.29 is 0 Å². The van der Waals surface area contributed by atoms with E-state index in [0.29, 0.717) is 0 Å². The second-order valence-electron chi connectivity index (χ2n) is 6.02. The van der Waals surface area contributed by atoms with Crippen molar-refractivity contribution in [2.45, 2.75) is 57.4 Å². The van der Waals surface area contributed by atoms with Crippen LogP contribution in [0, 0.1) is 5.92 Å². The Bertz CT molecular complexity index is 567. The van der Waals surface area contributed by atoms with Gasteiger partial charge < -0.3 is 4.57 Å². The summed E-state index contributed by atoms with van der Waals surface area (Å²) in [7, 11) is 0. The maximum atomic E-state index is 6.30. The number of fused-ring (bicyclic) bond motifs is 1. The molecule has 0 amide bonds. The third kappa shape index (κ3) is 2.85. The lowest BCUT2D eigenvalue weighted by Gasteiger charge is -2.12. The predicted octanol–water partition coefficient (Wildman–Crippen LogP) is 5.31. The first-order chi connectivity index (χ1) is 9.75. The molecule has 3 rings (SSSR count). The van der Waals surface area contributed by atoms with Gasteiger partial charge in [0.05, 0.1) is 16.4 Å². The van der Waals surface area contributed by atoms with E-state index in [1.165, 1.54) is 44.0 Å². The lowest BCUT2D eigenvalue weighted by molar-refractivity contribution is 0.457. The number of para-hydroxylation sites is 2. The first-order valence-corrected chi connectivity index (χ1v) is 8.28. The van der Waals surface area contributed by atoms with E-state index < -0.39 is 0 Å². The molecule has 1 aromatic carbocycles.